The van der Waals surface area contributed by atoms with Crippen molar-refractivity contribution in [1.29, 1.82) is 0 Å². The number of anilines is 1. The van der Waals surface area contributed by atoms with Crippen LogP contribution < -0.4 is 10.5 Å². The zero-order chi connectivity index (χ0) is 25.8. The lowest BCUT2D eigenvalue weighted by atomic mass is 9.75. The summed E-state index contributed by atoms with van der Waals surface area (Å²) >= 11 is 11.2. The molecule has 36 heavy (non-hydrogen) atoms. The Labute approximate surface area is 224 Å². The van der Waals surface area contributed by atoms with Crippen molar-refractivity contribution in [3.8, 4) is 5.69 Å². The predicted molar refractivity (Wildman–Crippen MR) is 147 cm³/mol. The maximum absolute atomic E-state index is 13.1. The molecular formula is C26H29Cl2N5O2S. The van der Waals surface area contributed by atoms with Gasteiger partial charge in [-0.15, -0.1) is 0 Å². The van der Waals surface area contributed by atoms with E-state index in [0.717, 1.165) is 43.9 Å². The highest BCUT2D eigenvalue weighted by atomic mass is 35.5. The molecule has 0 amide bonds. The Morgan fingerprint density at radius 1 is 1.14 bits per heavy atom. The normalized spacial score (nSPS) is 19.2. The molecule has 0 radical (unpaired) electrons. The molecule has 1 atom stereocenters. The van der Waals surface area contributed by atoms with Gasteiger partial charge in [-0.05, 0) is 64.8 Å². The van der Waals surface area contributed by atoms with Crippen molar-refractivity contribution in [3.63, 3.8) is 0 Å². The van der Waals surface area contributed by atoms with Crippen molar-refractivity contribution in [2.75, 3.05) is 18.0 Å². The van der Waals surface area contributed by atoms with E-state index < -0.39 is 16.1 Å². The van der Waals surface area contributed by atoms with Crippen LogP contribution in [0, 0.1) is 12.3 Å². The number of rotatable bonds is 3. The topological polar surface area (TPSA) is 78.5 Å². The maximum Gasteiger partial charge on any atom is 0.260 e. The Hall–Kier alpha value is -2.26. The molecule has 10 heteroatoms. The molecule has 190 valence electrons. The zero-order valence-electron chi connectivity index (χ0n) is 20.8. The second-order valence-corrected chi connectivity index (χ2v) is 13.2. The second-order valence-electron chi connectivity index (χ2n) is 10.5. The van der Waals surface area contributed by atoms with Crippen molar-refractivity contribution >= 4 is 46.1 Å². The summed E-state index contributed by atoms with van der Waals surface area (Å²) in [4.78, 5) is 20.0. The average molecular weight is 547 g/mol. The summed E-state index contributed by atoms with van der Waals surface area (Å²) in [7, 11) is 0. The van der Waals surface area contributed by atoms with E-state index in [1.807, 2.05) is 26.8 Å². The van der Waals surface area contributed by atoms with Crippen LogP contribution in [-0.2, 0) is 17.9 Å². The van der Waals surface area contributed by atoms with Gasteiger partial charge in [0.2, 0.25) is 0 Å². The Morgan fingerprint density at radius 3 is 2.53 bits per heavy atom. The minimum Gasteiger partial charge on any atom is -0.591 e. The molecule has 1 spiro atoms. The zero-order valence-corrected chi connectivity index (χ0v) is 23.1. The molecule has 2 aliphatic heterocycles. The molecule has 3 aromatic rings. The van der Waals surface area contributed by atoms with Gasteiger partial charge in [-0.1, -0.05) is 33.7 Å². The SMILES string of the molecule is Cc1nc(N2CCC3(CC2)Cn2cccc2C3=N[S+]([O-])C(C)(C)C)cc(=O)n1-c1cccc(Cl)c1Cl. The van der Waals surface area contributed by atoms with Gasteiger partial charge in [0.05, 0.1) is 21.4 Å². The first-order valence-electron chi connectivity index (χ1n) is 12.0. The number of benzene rings is 1. The summed E-state index contributed by atoms with van der Waals surface area (Å²) in [5.41, 5.74) is 2.13. The molecule has 7 nitrogen and oxygen atoms in total. The van der Waals surface area contributed by atoms with Crippen LogP contribution in [0.4, 0.5) is 5.82 Å². The summed E-state index contributed by atoms with van der Waals surface area (Å²) in [6.45, 7) is 9.91. The number of aromatic nitrogens is 3. The summed E-state index contributed by atoms with van der Waals surface area (Å²) in [5, 5.41) is 0.709. The highest BCUT2D eigenvalue weighted by molar-refractivity contribution is 7.91. The number of hydrogen-bond donors (Lipinski definition) is 0. The molecule has 2 aromatic heterocycles. The Balaban J connectivity index is 1.42. The van der Waals surface area contributed by atoms with E-state index in [0.29, 0.717) is 27.4 Å². The van der Waals surface area contributed by atoms with Gasteiger partial charge in [0, 0.05) is 37.3 Å². The van der Waals surface area contributed by atoms with Crippen LogP contribution in [-0.4, -0.2) is 42.2 Å². The lowest BCUT2D eigenvalue weighted by Gasteiger charge is -2.39. The molecule has 1 unspecified atom stereocenters. The lowest BCUT2D eigenvalue weighted by molar-refractivity contribution is 0.297. The highest BCUT2D eigenvalue weighted by Crippen LogP contribution is 2.43. The number of nitrogens with zero attached hydrogens (tertiary/aromatic N) is 5. The monoisotopic (exact) mass is 545 g/mol. The number of aryl methyl sites for hydroxylation is 1. The minimum atomic E-state index is -1.34. The quantitative estimate of drug-likeness (QED) is 0.423. The number of piperidine rings is 1. The smallest absolute Gasteiger partial charge is 0.260 e. The average Bonchev–Trinajstić information content (AvgIpc) is 3.36. The van der Waals surface area contributed by atoms with Crippen LogP contribution >= 0.6 is 23.2 Å². The van der Waals surface area contributed by atoms with E-state index in [-0.39, 0.29) is 11.0 Å². The fourth-order valence-electron chi connectivity index (χ4n) is 5.06. The Kier molecular flexibility index (Phi) is 6.52. The molecule has 1 aromatic carbocycles. The van der Waals surface area contributed by atoms with Crippen LogP contribution in [0.1, 0.15) is 45.1 Å². The van der Waals surface area contributed by atoms with E-state index in [9.17, 15) is 9.35 Å². The minimum absolute atomic E-state index is 0.174. The van der Waals surface area contributed by atoms with Crippen molar-refractivity contribution in [2.24, 2.45) is 9.81 Å². The Morgan fingerprint density at radius 2 is 1.86 bits per heavy atom. The van der Waals surface area contributed by atoms with Crippen LogP contribution in [0.25, 0.3) is 5.69 Å². The molecule has 2 aliphatic rings. The fourth-order valence-corrected chi connectivity index (χ4v) is 6.17. The lowest BCUT2D eigenvalue weighted by Crippen LogP contribution is -2.45. The van der Waals surface area contributed by atoms with Gasteiger partial charge in [0.25, 0.3) is 5.56 Å². The van der Waals surface area contributed by atoms with E-state index in [2.05, 4.69) is 21.7 Å². The third-order valence-corrected chi connectivity index (χ3v) is 9.24. The van der Waals surface area contributed by atoms with Crippen LogP contribution in [0.3, 0.4) is 0 Å². The molecule has 0 saturated carbocycles. The molecule has 5 rings (SSSR count). The molecule has 0 bridgehead atoms. The summed E-state index contributed by atoms with van der Waals surface area (Å²) < 4.78 is 21.0. The van der Waals surface area contributed by atoms with Crippen LogP contribution in [0.15, 0.2) is 51.8 Å². The van der Waals surface area contributed by atoms with Crippen LogP contribution in [0.2, 0.25) is 10.0 Å². The van der Waals surface area contributed by atoms with E-state index >= 15 is 0 Å². The van der Waals surface area contributed by atoms with Crippen molar-refractivity contribution in [3.05, 3.63) is 74.5 Å². The highest BCUT2D eigenvalue weighted by Gasteiger charge is 2.48. The van der Waals surface area contributed by atoms with Gasteiger partial charge in [0.15, 0.2) is 0 Å². The van der Waals surface area contributed by atoms with Gasteiger partial charge in [-0.25, -0.2) is 4.98 Å². The van der Waals surface area contributed by atoms with E-state index in [1.54, 1.807) is 31.2 Å². The van der Waals surface area contributed by atoms with Gasteiger partial charge >= 0.3 is 0 Å². The Bertz CT molecular complexity index is 1400. The summed E-state index contributed by atoms with van der Waals surface area (Å²) in [6.07, 6.45) is 3.73. The molecule has 4 heterocycles. The molecule has 0 N–H and O–H groups in total. The maximum atomic E-state index is 13.1. The first-order chi connectivity index (χ1) is 17.0. The predicted octanol–water partition coefficient (Wildman–Crippen LogP) is 5.20. The second kappa shape index (κ2) is 9.24. The largest absolute Gasteiger partial charge is 0.591 e. The number of halogens is 2. The number of hydrogen-bond acceptors (Lipinski definition) is 5. The van der Waals surface area contributed by atoms with Gasteiger partial charge in [-0.3, -0.25) is 9.36 Å². The fraction of sp³-hybridized carbons (Fsp3) is 0.423. The summed E-state index contributed by atoms with van der Waals surface area (Å²) in [6, 6.07) is 10.8. The van der Waals surface area contributed by atoms with Crippen molar-refractivity contribution < 1.29 is 4.55 Å². The standard InChI is InChI=1S/C26H29Cl2N5O2S/c1-17-29-21(15-22(34)33(17)19-8-5-7-18(27)23(19)28)31-13-10-26(11-14-31)16-32-12-6-9-20(32)24(26)30-36(35)25(2,3)4/h5-9,12,15H,10-11,13-14,16H2,1-4H3. The third kappa shape index (κ3) is 4.38. The number of fused-ring (bicyclic) bond motifs is 1. The summed E-state index contributed by atoms with van der Waals surface area (Å²) in [5.74, 6) is 1.19. The van der Waals surface area contributed by atoms with E-state index in [4.69, 9.17) is 32.6 Å². The first kappa shape index (κ1) is 25.4. The molecular weight excluding hydrogens is 517 g/mol. The third-order valence-electron chi connectivity index (χ3n) is 7.04. The van der Waals surface area contributed by atoms with Crippen LogP contribution in [0.5, 0.6) is 0 Å². The van der Waals surface area contributed by atoms with Gasteiger partial charge in [-0.2, -0.15) is 0 Å². The van der Waals surface area contributed by atoms with Gasteiger partial charge < -0.3 is 14.0 Å². The van der Waals surface area contributed by atoms with Crippen molar-refractivity contribution in [1.82, 2.24) is 14.1 Å². The van der Waals surface area contributed by atoms with E-state index in [1.165, 1.54) is 4.57 Å². The molecule has 1 fully saturated rings. The first-order valence-corrected chi connectivity index (χ1v) is 13.8. The van der Waals surface area contributed by atoms with Gasteiger partial charge in [0.1, 0.15) is 33.5 Å². The molecule has 0 aliphatic carbocycles. The van der Waals surface area contributed by atoms with Crippen molar-refractivity contribution in [2.45, 2.75) is 51.8 Å². The molecule has 1 saturated heterocycles.